The van der Waals surface area contributed by atoms with E-state index in [0.717, 1.165) is 16.8 Å². The van der Waals surface area contributed by atoms with Gasteiger partial charge < -0.3 is 19.5 Å². The van der Waals surface area contributed by atoms with E-state index >= 15 is 0 Å². The fourth-order valence-electron chi connectivity index (χ4n) is 4.99. The van der Waals surface area contributed by atoms with E-state index < -0.39 is 23.8 Å². The predicted octanol–water partition coefficient (Wildman–Crippen LogP) is 4.69. The van der Waals surface area contributed by atoms with Crippen molar-refractivity contribution in [2.75, 3.05) is 14.2 Å². The molecule has 36 heavy (non-hydrogen) atoms. The Morgan fingerprint density at radius 2 is 1.64 bits per heavy atom. The molecule has 0 amide bonds. The quantitative estimate of drug-likeness (QED) is 0.589. The van der Waals surface area contributed by atoms with Crippen molar-refractivity contribution >= 4 is 17.7 Å². The molecule has 2 aromatic rings. The van der Waals surface area contributed by atoms with Gasteiger partial charge in [-0.1, -0.05) is 44.2 Å². The maximum atomic E-state index is 13.5. The minimum Gasteiger partial charge on any atom is -0.497 e. The average molecular weight is 490 g/mol. The van der Waals surface area contributed by atoms with Gasteiger partial charge in [0.25, 0.3) is 0 Å². The molecule has 188 valence electrons. The molecule has 0 spiro atoms. The number of ether oxygens (including phenoxy) is 3. The number of fused-ring (bicyclic) bond motifs is 1. The largest absolute Gasteiger partial charge is 0.497 e. The van der Waals surface area contributed by atoms with Crippen molar-refractivity contribution in [3.05, 3.63) is 88.3 Å². The Bertz CT molecular complexity index is 1240. The molecule has 7 heteroatoms. The van der Waals surface area contributed by atoms with Crippen LogP contribution in [0.2, 0.25) is 0 Å². The predicted molar refractivity (Wildman–Crippen MR) is 134 cm³/mol. The van der Waals surface area contributed by atoms with Crippen LogP contribution in [0.4, 0.5) is 0 Å². The molecule has 4 rings (SSSR count). The highest BCUT2D eigenvalue weighted by Crippen LogP contribution is 2.47. The molecular formula is C29H31NO6. The van der Waals surface area contributed by atoms with Crippen molar-refractivity contribution in [2.45, 2.75) is 39.7 Å². The van der Waals surface area contributed by atoms with Crippen LogP contribution in [0.5, 0.6) is 5.75 Å². The van der Waals surface area contributed by atoms with Gasteiger partial charge in [-0.15, -0.1) is 0 Å². The molecule has 0 aromatic heterocycles. The highest BCUT2D eigenvalue weighted by molar-refractivity contribution is 5.96. The van der Waals surface area contributed by atoms with Crippen molar-refractivity contribution in [3.8, 4) is 5.75 Å². The Kier molecular flexibility index (Phi) is 7.02. The molecule has 2 aromatic carbocycles. The van der Waals surface area contributed by atoms with Crippen molar-refractivity contribution in [1.82, 2.24) is 5.32 Å². The molecule has 0 fully saturated rings. The first-order chi connectivity index (χ1) is 17.1. The lowest BCUT2D eigenvalue weighted by molar-refractivity contribution is -0.141. The second kappa shape index (κ2) is 10.0. The summed E-state index contributed by atoms with van der Waals surface area (Å²) in [4.78, 5) is 38.8. The summed E-state index contributed by atoms with van der Waals surface area (Å²) in [7, 11) is 2.92. The number of hydrogen-bond donors (Lipinski definition) is 1. The van der Waals surface area contributed by atoms with Crippen LogP contribution >= 0.6 is 0 Å². The van der Waals surface area contributed by atoms with E-state index in [0.29, 0.717) is 29.0 Å². The summed E-state index contributed by atoms with van der Waals surface area (Å²) < 4.78 is 15.7. The minimum absolute atomic E-state index is 0.0556. The van der Waals surface area contributed by atoms with E-state index in [4.69, 9.17) is 14.2 Å². The summed E-state index contributed by atoms with van der Waals surface area (Å²) >= 11 is 0. The second-order valence-electron chi connectivity index (χ2n) is 9.89. The minimum atomic E-state index is -0.547. The molecule has 2 aliphatic rings. The molecule has 0 bridgehead atoms. The SMILES string of the molecule is COC(=O)c1ccc(C2C(C(=O)OCc3ccc(OC)cc3)=C(C)NC3=CC(C)(C)CC(=O)C32)cc1. The summed E-state index contributed by atoms with van der Waals surface area (Å²) in [5, 5.41) is 3.32. The summed E-state index contributed by atoms with van der Waals surface area (Å²) in [6.07, 6.45) is 2.45. The zero-order valence-electron chi connectivity index (χ0n) is 21.2. The zero-order chi connectivity index (χ0) is 26.0. The molecular weight excluding hydrogens is 458 g/mol. The third-order valence-corrected chi connectivity index (χ3v) is 6.68. The van der Waals surface area contributed by atoms with E-state index in [9.17, 15) is 14.4 Å². The van der Waals surface area contributed by atoms with Gasteiger partial charge >= 0.3 is 11.9 Å². The topological polar surface area (TPSA) is 90.9 Å². The van der Waals surface area contributed by atoms with Crippen LogP contribution in [0.25, 0.3) is 0 Å². The van der Waals surface area contributed by atoms with Gasteiger partial charge in [-0.3, -0.25) is 4.79 Å². The molecule has 7 nitrogen and oxygen atoms in total. The van der Waals surface area contributed by atoms with E-state index in [1.807, 2.05) is 32.9 Å². The van der Waals surface area contributed by atoms with E-state index in [-0.39, 0.29) is 17.8 Å². The molecule has 1 heterocycles. The van der Waals surface area contributed by atoms with Crippen LogP contribution in [0.15, 0.2) is 71.6 Å². The monoisotopic (exact) mass is 489 g/mol. The first kappa shape index (κ1) is 25.2. The summed E-state index contributed by atoms with van der Waals surface area (Å²) in [6, 6.07) is 14.1. The Morgan fingerprint density at radius 1 is 0.972 bits per heavy atom. The molecule has 2 atom stereocenters. The summed E-state index contributed by atoms with van der Waals surface area (Å²) in [5.41, 5.74) is 3.52. The van der Waals surface area contributed by atoms with E-state index in [1.165, 1.54) is 7.11 Å². The van der Waals surface area contributed by atoms with Crippen LogP contribution in [-0.2, 0) is 25.7 Å². The standard InChI is InChI=1S/C29H31NO6/c1-17-24(28(33)36-16-18-6-12-21(34-4)13-7-18)25(19-8-10-20(11-9-19)27(32)35-5)26-22(30-17)14-29(2,3)15-23(26)31/h6-14,25-26,30H,15-16H2,1-5H3. The lowest BCUT2D eigenvalue weighted by Crippen LogP contribution is -2.43. The van der Waals surface area contributed by atoms with Crippen molar-refractivity contribution in [3.63, 3.8) is 0 Å². The highest BCUT2D eigenvalue weighted by atomic mass is 16.5. The number of Topliss-reactive ketones (excluding diaryl/α,β-unsaturated/α-hetero) is 1. The second-order valence-corrected chi connectivity index (χ2v) is 9.89. The number of benzene rings is 2. The number of allylic oxidation sites excluding steroid dienone is 3. The van der Waals surface area contributed by atoms with Crippen molar-refractivity contribution in [2.24, 2.45) is 11.3 Å². The van der Waals surface area contributed by atoms with Crippen LogP contribution in [0.3, 0.4) is 0 Å². The van der Waals surface area contributed by atoms with Gasteiger partial charge in [0.1, 0.15) is 18.1 Å². The molecule has 2 unspecified atom stereocenters. The average Bonchev–Trinajstić information content (AvgIpc) is 2.85. The van der Waals surface area contributed by atoms with Gasteiger partial charge in [0.15, 0.2) is 0 Å². The third-order valence-electron chi connectivity index (χ3n) is 6.68. The number of carbonyl (C=O) groups excluding carboxylic acids is 3. The van der Waals surface area contributed by atoms with Gasteiger partial charge in [-0.2, -0.15) is 0 Å². The Labute approximate surface area is 211 Å². The van der Waals surface area contributed by atoms with Gasteiger partial charge in [0.2, 0.25) is 0 Å². The number of carbonyl (C=O) groups is 3. The summed E-state index contributed by atoms with van der Waals surface area (Å²) in [6.45, 7) is 5.95. The smallest absolute Gasteiger partial charge is 0.337 e. The highest BCUT2D eigenvalue weighted by Gasteiger charge is 2.46. The lowest BCUT2D eigenvalue weighted by atomic mass is 9.66. The Morgan fingerprint density at radius 3 is 2.25 bits per heavy atom. The molecule has 1 N–H and O–H groups in total. The Balaban J connectivity index is 1.71. The molecule has 0 saturated carbocycles. The number of nitrogens with one attached hydrogen (secondary N) is 1. The first-order valence-corrected chi connectivity index (χ1v) is 11.8. The molecule has 1 aliphatic carbocycles. The fraction of sp³-hybridized carbons (Fsp3) is 0.345. The Hall–Kier alpha value is -3.87. The maximum absolute atomic E-state index is 13.5. The zero-order valence-corrected chi connectivity index (χ0v) is 21.2. The number of methoxy groups -OCH3 is 2. The number of hydrogen-bond acceptors (Lipinski definition) is 7. The number of rotatable bonds is 6. The van der Waals surface area contributed by atoms with Crippen LogP contribution < -0.4 is 10.1 Å². The van der Waals surface area contributed by atoms with E-state index in [1.54, 1.807) is 43.5 Å². The van der Waals surface area contributed by atoms with Crippen molar-refractivity contribution in [1.29, 1.82) is 0 Å². The van der Waals surface area contributed by atoms with Gasteiger partial charge in [0.05, 0.1) is 31.3 Å². The van der Waals surface area contributed by atoms with E-state index in [2.05, 4.69) is 11.4 Å². The number of esters is 2. The first-order valence-electron chi connectivity index (χ1n) is 11.8. The maximum Gasteiger partial charge on any atom is 0.337 e. The van der Waals surface area contributed by atoms with Gasteiger partial charge in [0, 0.05) is 23.7 Å². The van der Waals surface area contributed by atoms with Crippen LogP contribution in [-0.4, -0.2) is 31.9 Å². The summed E-state index contributed by atoms with van der Waals surface area (Å²) in [5.74, 6) is -1.26. The normalized spacial score (nSPS) is 20.6. The fourth-order valence-corrected chi connectivity index (χ4v) is 4.99. The molecule has 0 saturated heterocycles. The van der Waals surface area contributed by atoms with Crippen molar-refractivity contribution < 1.29 is 28.6 Å². The van der Waals surface area contributed by atoms with Gasteiger partial charge in [-0.25, -0.2) is 9.59 Å². The molecule has 0 radical (unpaired) electrons. The van der Waals surface area contributed by atoms with Crippen LogP contribution in [0.1, 0.15) is 54.6 Å². The lowest BCUT2D eigenvalue weighted by Gasteiger charge is -2.41. The van der Waals surface area contributed by atoms with Gasteiger partial charge in [-0.05, 0) is 47.7 Å². The van der Waals surface area contributed by atoms with Crippen LogP contribution in [0, 0.1) is 11.3 Å². The molecule has 1 aliphatic heterocycles. The number of ketones is 1. The third kappa shape index (κ3) is 5.05.